The van der Waals surface area contributed by atoms with E-state index in [0.717, 1.165) is 11.1 Å². The van der Waals surface area contributed by atoms with Gasteiger partial charge in [-0.2, -0.15) is 4.31 Å². The third-order valence-corrected chi connectivity index (χ3v) is 10.0. The molecule has 174 valence electrons. The molecule has 0 radical (unpaired) electrons. The van der Waals surface area contributed by atoms with E-state index >= 15 is 0 Å². The molecule has 31 heavy (non-hydrogen) atoms. The van der Waals surface area contributed by atoms with Gasteiger partial charge in [-0.15, -0.1) is 0 Å². The first-order valence-corrected chi connectivity index (χ1v) is 13.7. The largest absolute Gasteiger partial charge is 0.396 e. The molecule has 0 bridgehead atoms. The van der Waals surface area contributed by atoms with E-state index in [4.69, 9.17) is 5.11 Å². The molecule has 2 aromatic rings. The van der Waals surface area contributed by atoms with Gasteiger partial charge in [-0.05, 0) is 38.8 Å². The van der Waals surface area contributed by atoms with Crippen molar-refractivity contribution in [3.63, 3.8) is 0 Å². The predicted molar refractivity (Wildman–Crippen MR) is 127 cm³/mol. The second-order valence-electron chi connectivity index (χ2n) is 8.09. The van der Waals surface area contributed by atoms with Gasteiger partial charge in [0.05, 0.1) is 15.9 Å². The number of rotatable bonds is 11. The van der Waals surface area contributed by atoms with Crippen molar-refractivity contribution in [2.45, 2.75) is 49.8 Å². The lowest BCUT2D eigenvalue weighted by atomic mass is 10.1. The van der Waals surface area contributed by atoms with Gasteiger partial charge in [-0.25, -0.2) is 16.8 Å². The molecule has 7 nitrogen and oxygen atoms in total. The summed E-state index contributed by atoms with van der Waals surface area (Å²) in [6.07, 6.45) is 0.689. The fourth-order valence-corrected chi connectivity index (χ4v) is 6.91. The molecule has 0 saturated heterocycles. The number of benzene rings is 2. The van der Waals surface area contributed by atoms with E-state index in [2.05, 4.69) is 0 Å². The van der Waals surface area contributed by atoms with Gasteiger partial charge in [0.1, 0.15) is 0 Å². The normalized spacial score (nSPS) is 14.7. The maximum atomic E-state index is 13.7. The van der Waals surface area contributed by atoms with E-state index in [1.165, 1.54) is 4.31 Å². The van der Waals surface area contributed by atoms with Crippen LogP contribution >= 0.6 is 0 Å². The number of hydrogen-bond acceptors (Lipinski definition) is 6. The van der Waals surface area contributed by atoms with Crippen LogP contribution in [0.2, 0.25) is 0 Å². The Morgan fingerprint density at radius 2 is 1.58 bits per heavy atom. The zero-order chi connectivity index (χ0) is 23.4. The number of sulfonamides is 1. The third kappa shape index (κ3) is 5.58. The molecule has 2 atom stereocenters. The lowest BCUT2D eigenvalue weighted by Gasteiger charge is -2.29. The van der Waals surface area contributed by atoms with E-state index < -0.39 is 25.1 Å². The second-order valence-corrected chi connectivity index (χ2v) is 12.5. The predicted octanol–water partition coefficient (Wildman–Crippen LogP) is 2.88. The first-order valence-electron chi connectivity index (χ1n) is 10.5. The molecular weight excluding hydrogens is 436 g/mol. The van der Waals surface area contributed by atoms with E-state index in [0.29, 0.717) is 11.8 Å². The minimum Gasteiger partial charge on any atom is -0.396 e. The molecule has 0 fully saturated rings. The summed E-state index contributed by atoms with van der Waals surface area (Å²) in [4.78, 5) is 2.11. The van der Waals surface area contributed by atoms with Crippen molar-refractivity contribution in [2.24, 2.45) is 0 Å². The van der Waals surface area contributed by atoms with Crippen LogP contribution in [-0.2, 0) is 19.9 Å². The van der Waals surface area contributed by atoms with Gasteiger partial charge >= 0.3 is 0 Å². The molecule has 2 aromatic carbocycles. The first-order chi connectivity index (χ1) is 14.5. The molecule has 0 heterocycles. The van der Waals surface area contributed by atoms with Crippen molar-refractivity contribution in [3.8, 4) is 0 Å². The SMILES string of the molecule is CCC(C)N(CCS(=O)(=O)C(C)CCO)S(=O)(=O)c1cccc2c(N(C)C)cccc12. The maximum Gasteiger partial charge on any atom is 0.243 e. The van der Waals surface area contributed by atoms with Crippen LogP contribution in [0, 0.1) is 0 Å². The van der Waals surface area contributed by atoms with E-state index in [-0.39, 0.29) is 36.3 Å². The number of sulfone groups is 1. The number of aliphatic hydroxyl groups excluding tert-OH is 1. The van der Waals surface area contributed by atoms with Crippen molar-refractivity contribution >= 4 is 36.3 Å². The fraction of sp³-hybridized carbons (Fsp3) is 0.545. The van der Waals surface area contributed by atoms with Crippen LogP contribution in [0.4, 0.5) is 5.69 Å². The van der Waals surface area contributed by atoms with E-state index in [1.54, 1.807) is 32.0 Å². The van der Waals surface area contributed by atoms with Gasteiger partial charge in [0, 0.05) is 49.7 Å². The monoisotopic (exact) mass is 470 g/mol. The average molecular weight is 471 g/mol. The highest BCUT2D eigenvalue weighted by molar-refractivity contribution is 7.92. The lowest BCUT2D eigenvalue weighted by Crippen LogP contribution is -2.42. The highest BCUT2D eigenvalue weighted by Gasteiger charge is 2.32. The zero-order valence-electron chi connectivity index (χ0n) is 18.9. The fourth-order valence-electron chi connectivity index (χ4n) is 3.57. The zero-order valence-corrected chi connectivity index (χ0v) is 20.6. The molecule has 0 aromatic heterocycles. The Bertz CT molecular complexity index is 1100. The van der Waals surface area contributed by atoms with Crippen molar-refractivity contribution in [3.05, 3.63) is 36.4 Å². The molecular formula is C22H34N2O5S2. The van der Waals surface area contributed by atoms with Crippen LogP contribution in [0.1, 0.15) is 33.6 Å². The van der Waals surface area contributed by atoms with Gasteiger partial charge in [-0.1, -0.05) is 31.2 Å². The molecule has 0 aliphatic heterocycles. The Labute approximate surface area is 186 Å². The van der Waals surface area contributed by atoms with Crippen LogP contribution < -0.4 is 4.90 Å². The Morgan fingerprint density at radius 3 is 2.16 bits per heavy atom. The Morgan fingerprint density at radius 1 is 0.968 bits per heavy atom. The standard InChI is InChI=1S/C22H34N2O5S2/c1-6-17(2)24(14-16-30(26,27)18(3)13-15-25)31(28,29)22-12-8-9-19-20(22)10-7-11-21(19)23(4)5/h7-12,17-18,25H,6,13-16H2,1-5H3. The number of hydrogen-bond donors (Lipinski definition) is 1. The van der Waals surface area contributed by atoms with Crippen LogP contribution in [0.5, 0.6) is 0 Å². The molecule has 0 aliphatic carbocycles. The summed E-state index contributed by atoms with van der Waals surface area (Å²) in [5.74, 6) is -0.286. The summed E-state index contributed by atoms with van der Waals surface area (Å²) in [6, 6.07) is 10.4. The minimum atomic E-state index is -3.94. The summed E-state index contributed by atoms with van der Waals surface area (Å²) in [5.41, 5.74) is 0.907. The third-order valence-electron chi connectivity index (χ3n) is 5.75. The quantitative estimate of drug-likeness (QED) is 0.543. The molecule has 0 aliphatic rings. The number of aliphatic hydroxyl groups is 1. The maximum absolute atomic E-state index is 13.7. The average Bonchev–Trinajstić information content (AvgIpc) is 2.72. The Hall–Kier alpha value is -1.68. The van der Waals surface area contributed by atoms with Crippen molar-refractivity contribution in [1.29, 1.82) is 0 Å². The number of fused-ring (bicyclic) bond motifs is 1. The summed E-state index contributed by atoms with van der Waals surface area (Å²) in [6.45, 7) is 4.86. The molecule has 9 heteroatoms. The van der Waals surface area contributed by atoms with Crippen LogP contribution in [0.3, 0.4) is 0 Å². The minimum absolute atomic E-state index is 0.126. The van der Waals surface area contributed by atoms with E-state index in [9.17, 15) is 16.8 Å². The molecule has 2 rings (SSSR count). The number of nitrogens with zero attached hydrogens (tertiary/aromatic N) is 2. The number of anilines is 1. The van der Waals surface area contributed by atoms with E-state index in [1.807, 2.05) is 44.1 Å². The van der Waals surface area contributed by atoms with Crippen LogP contribution in [0.15, 0.2) is 41.3 Å². The van der Waals surface area contributed by atoms with Gasteiger partial charge in [0.15, 0.2) is 9.84 Å². The van der Waals surface area contributed by atoms with Crippen LogP contribution in [0.25, 0.3) is 10.8 Å². The van der Waals surface area contributed by atoms with Gasteiger partial charge in [0.25, 0.3) is 0 Å². The Balaban J connectivity index is 2.52. The molecule has 0 saturated carbocycles. The van der Waals surface area contributed by atoms with Gasteiger partial charge < -0.3 is 10.0 Å². The summed E-state index contributed by atoms with van der Waals surface area (Å²) in [7, 11) is -3.67. The molecule has 0 amide bonds. The van der Waals surface area contributed by atoms with Gasteiger partial charge in [0.2, 0.25) is 10.0 Å². The highest BCUT2D eigenvalue weighted by atomic mass is 32.2. The van der Waals surface area contributed by atoms with Crippen molar-refractivity contribution in [1.82, 2.24) is 4.31 Å². The smallest absolute Gasteiger partial charge is 0.243 e. The van der Waals surface area contributed by atoms with Crippen molar-refractivity contribution in [2.75, 3.05) is 37.9 Å². The van der Waals surface area contributed by atoms with Crippen LogP contribution in [-0.4, -0.2) is 70.5 Å². The van der Waals surface area contributed by atoms with Crippen molar-refractivity contribution < 1.29 is 21.9 Å². The summed E-state index contributed by atoms with van der Waals surface area (Å²) in [5, 5.41) is 9.78. The Kier molecular flexibility index (Phi) is 8.49. The van der Waals surface area contributed by atoms with Gasteiger partial charge in [-0.3, -0.25) is 0 Å². The second kappa shape index (κ2) is 10.3. The molecule has 0 spiro atoms. The first kappa shape index (κ1) is 25.6. The molecule has 2 unspecified atom stereocenters. The molecule has 1 N–H and O–H groups in total. The lowest BCUT2D eigenvalue weighted by molar-refractivity contribution is 0.287. The summed E-state index contributed by atoms with van der Waals surface area (Å²) < 4.78 is 53.9. The highest BCUT2D eigenvalue weighted by Crippen LogP contribution is 2.32. The summed E-state index contributed by atoms with van der Waals surface area (Å²) >= 11 is 0. The topological polar surface area (TPSA) is 95.0 Å².